The van der Waals surface area contributed by atoms with Crippen LogP contribution in [0.4, 0.5) is 0 Å². The zero-order chi connectivity index (χ0) is 29.8. The van der Waals surface area contributed by atoms with Gasteiger partial charge in [0.15, 0.2) is 6.61 Å². The predicted molar refractivity (Wildman–Crippen MR) is 175 cm³/mol. The van der Waals surface area contributed by atoms with E-state index in [1.165, 1.54) is 57.9 Å². The van der Waals surface area contributed by atoms with Crippen molar-refractivity contribution in [3.8, 4) is 22.6 Å². The van der Waals surface area contributed by atoms with Gasteiger partial charge < -0.3 is 14.2 Å². The molecule has 4 aliphatic carbocycles. The summed E-state index contributed by atoms with van der Waals surface area (Å²) in [5, 5.41) is 0. The fourth-order valence-corrected chi connectivity index (χ4v) is 11.3. The lowest BCUT2D eigenvalue weighted by atomic mass is 9.50. The normalized spacial score (nSPS) is 27.4. The maximum atomic E-state index is 12.9. The van der Waals surface area contributed by atoms with Crippen molar-refractivity contribution in [2.24, 2.45) is 23.7 Å². The Kier molecular flexibility index (Phi) is 6.97. The van der Waals surface area contributed by atoms with E-state index in [0.29, 0.717) is 17.6 Å². The third-order valence-electron chi connectivity index (χ3n) is 10.8. The summed E-state index contributed by atoms with van der Waals surface area (Å²) in [4.78, 5) is 17.0. The third kappa shape index (κ3) is 4.90. The molecule has 5 heteroatoms. The van der Waals surface area contributed by atoms with Crippen molar-refractivity contribution in [2.45, 2.75) is 72.3 Å². The summed E-state index contributed by atoms with van der Waals surface area (Å²) in [5.41, 5.74) is 3.43. The Morgan fingerprint density at radius 3 is 1.89 bits per heavy atom. The van der Waals surface area contributed by atoms with Gasteiger partial charge in [-0.25, -0.2) is 4.79 Å². The third-order valence-corrected chi connectivity index (χ3v) is 13.3. The molecule has 0 radical (unpaired) electrons. The van der Waals surface area contributed by atoms with Crippen molar-refractivity contribution in [3.05, 3.63) is 103 Å². The molecule has 4 saturated carbocycles. The van der Waals surface area contributed by atoms with E-state index in [2.05, 4.69) is 86.6 Å². The van der Waals surface area contributed by atoms with Crippen LogP contribution in [0.25, 0.3) is 11.1 Å². The summed E-state index contributed by atoms with van der Waals surface area (Å²) >= 11 is 0. The molecule has 4 aromatic carbocycles. The molecule has 0 aromatic heterocycles. The molecule has 4 bridgehead atoms. The summed E-state index contributed by atoms with van der Waals surface area (Å²) in [5.74, 6) is 3.97. The smallest absolute Gasteiger partial charge is 0.344 e. The van der Waals surface area contributed by atoms with Gasteiger partial charge in [0, 0.05) is 9.79 Å². The number of rotatable bonds is 8. The standard InChI is InChI=1S/C39H40O4S/c1-25(42-32-15-17-33(18-16-32)44-36-9-5-3-7-34(36)35-8-4-6-10-37(35)44)28-11-13-31(14-12-28)41-24-38(40)43-39(2)29-20-26-19-27(22-29)23-30(39)21-26/h3-18,25-27,29-30,44H,19-24H2,1-2H3. The van der Waals surface area contributed by atoms with Crippen LogP contribution in [0.15, 0.2) is 112 Å². The van der Waals surface area contributed by atoms with Crippen molar-refractivity contribution in [3.63, 3.8) is 0 Å². The van der Waals surface area contributed by atoms with Crippen molar-refractivity contribution in [1.82, 2.24) is 0 Å². The monoisotopic (exact) mass is 604 g/mol. The minimum atomic E-state index is -0.574. The van der Waals surface area contributed by atoms with Crippen molar-refractivity contribution >= 4 is 16.9 Å². The van der Waals surface area contributed by atoms with Gasteiger partial charge in [-0.05, 0) is 140 Å². The van der Waals surface area contributed by atoms with E-state index in [9.17, 15) is 4.79 Å². The van der Waals surface area contributed by atoms with Gasteiger partial charge in [-0.2, -0.15) is 10.9 Å². The molecular formula is C39H40O4S. The Balaban J connectivity index is 0.875. The minimum absolute atomic E-state index is 0.0584. The molecule has 4 nitrogen and oxygen atoms in total. The Labute approximate surface area is 263 Å². The van der Waals surface area contributed by atoms with Gasteiger partial charge in [0.25, 0.3) is 0 Å². The van der Waals surface area contributed by atoms with E-state index in [1.54, 1.807) is 0 Å². The van der Waals surface area contributed by atoms with Crippen molar-refractivity contribution < 1.29 is 19.0 Å². The molecule has 226 valence electrons. The molecule has 44 heavy (non-hydrogen) atoms. The lowest BCUT2D eigenvalue weighted by Crippen LogP contribution is -2.58. The van der Waals surface area contributed by atoms with Gasteiger partial charge in [0.2, 0.25) is 0 Å². The lowest BCUT2D eigenvalue weighted by molar-refractivity contribution is -0.204. The minimum Gasteiger partial charge on any atom is -0.486 e. The quantitative estimate of drug-likeness (QED) is 0.142. The number of ether oxygens (including phenoxy) is 3. The van der Waals surface area contributed by atoms with Crippen LogP contribution in [0.2, 0.25) is 0 Å². The van der Waals surface area contributed by atoms with Gasteiger partial charge in [-0.1, -0.05) is 48.5 Å². The Morgan fingerprint density at radius 1 is 0.750 bits per heavy atom. The second-order valence-corrected chi connectivity index (χ2v) is 15.6. The zero-order valence-corrected chi connectivity index (χ0v) is 26.3. The lowest BCUT2D eigenvalue weighted by Gasteiger charge is -2.59. The second kappa shape index (κ2) is 11.0. The highest BCUT2D eigenvalue weighted by Crippen LogP contribution is 2.62. The zero-order valence-electron chi connectivity index (χ0n) is 25.4. The van der Waals surface area contributed by atoms with E-state index in [0.717, 1.165) is 23.1 Å². The van der Waals surface area contributed by atoms with E-state index in [1.807, 2.05) is 24.3 Å². The molecule has 0 N–H and O–H groups in total. The summed E-state index contributed by atoms with van der Waals surface area (Å²) in [6.45, 7) is 4.17. The number of benzene rings is 4. The predicted octanol–water partition coefficient (Wildman–Crippen LogP) is 9.42. The molecule has 0 amide bonds. The van der Waals surface area contributed by atoms with Gasteiger partial charge in [-0.3, -0.25) is 0 Å². The highest BCUT2D eigenvalue weighted by atomic mass is 32.2. The maximum absolute atomic E-state index is 12.9. The van der Waals surface area contributed by atoms with Crippen molar-refractivity contribution in [1.29, 1.82) is 0 Å². The van der Waals surface area contributed by atoms with Crippen LogP contribution in [-0.2, 0) is 9.53 Å². The first-order chi connectivity index (χ1) is 21.4. The van der Waals surface area contributed by atoms with E-state index < -0.39 is 10.9 Å². The number of hydrogen-bond donors (Lipinski definition) is 1. The number of hydrogen-bond acceptors (Lipinski definition) is 4. The van der Waals surface area contributed by atoms with Gasteiger partial charge >= 0.3 is 5.97 Å². The number of carbonyl (C=O) groups is 1. The average Bonchev–Trinajstić information content (AvgIpc) is 3.37. The second-order valence-electron chi connectivity index (χ2n) is 13.4. The first kappa shape index (κ1) is 27.8. The van der Waals surface area contributed by atoms with Crippen LogP contribution < -0.4 is 9.47 Å². The molecule has 0 spiro atoms. The average molecular weight is 605 g/mol. The van der Waals surface area contributed by atoms with E-state index >= 15 is 0 Å². The summed E-state index contributed by atoms with van der Waals surface area (Å²) in [6, 6.07) is 34.0. The molecule has 1 unspecified atom stereocenters. The van der Waals surface area contributed by atoms with Crippen LogP contribution >= 0.6 is 10.9 Å². The Morgan fingerprint density at radius 2 is 1.30 bits per heavy atom. The summed E-state index contributed by atoms with van der Waals surface area (Å²) < 4.78 is 18.3. The Bertz CT molecular complexity index is 1600. The fourth-order valence-electron chi connectivity index (χ4n) is 8.69. The molecule has 1 heterocycles. The highest BCUT2D eigenvalue weighted by Gasteiger charge is 2.57. The van der Waals surface area contributed by atoms with Gasteiger partial charge in [0.05, 0.1) is 0 Å². The highest BCUT2D eigenvalue weighted by molar-refractivity contribution is 8.17. The molecule has 5 aliphatic rings. The first-order valence-electron chi connectivity index (χ1n) is 16.1. The van der Waals surface area contributed by atoms with Crippen LogP contribution in [0.5, 0.6) is 11.5 Å². The summed E-state index contributed by atoms with van der Waals surface area (Å²) in [7, 11) is -0.574. The molecule has 1 aliphatic heterocycles. The molecule has 1 atom stereocenters. The molecular weight excluding hydrogens is 564 g/mol. The van der Waals surface area contributed by atoms with E-state index in [4.69, 9.17) is 14.2 Å². The van der Waals surface area contributed by atoms with Crippen LogP contribution in [0, 0.1) is 23.7 Å². The summed E-state index contributed by atoms with van der Waals surface area (Å²) in [6.07, 6.45) is 6.12. The molecule has 4 fully saturated rings. The Hall–Kier alpha value is -3.70. The van der Waals surface area contributed by atoms with Gasteiger partial charge in [-0.15, -0.1) is 0 Å². The van der Waals surface area contributed by atoms with E-state index in [-0.39, 0.29) is 24.3 Å². The first-order valence-corrected chi connectivity index (χ1v) is 17.5. The number of fused-ring (bicyclic) bond motifs is 3. The van der Waals surface area contributed by atoms with Gasteiger partial charge in [0.1, 0.15) is 23.2 Å². The van der Waals surface area contributed by atoms with Crippen molar-refractivity contribution in [2.75, 3.05) is 6.61 Å². The maximum Gasteiger partial charge on any atom is 0.344 e. The van der Waals surface area contributed by atoms with Crippen LogP contribution in [0.1, 0.15) is 57.6 Å². The number of carbonyl (C=O) groups excluding carboxylic acids is 1. The SMILES string of the molecule is CC(Oc1ccc([SH]2c3ccccc3-c3ccccc32)cc1)c1ccc(OCC(=O)OC2(C)C3CC4CC(C3)CC2C4)cc1. The fraction of sp³-hybridized carbons (Fsp3) is 0.359. The van der Waals surface area contributed by atoms with Crippen LogP contribution in [-0.4, -0.2) is 18.2 Å². The molecule has 0 saturated heterocycles. The largest absolute Gasteiger partial charge is 0.486 e. The number of esters is 1. The topological polar surface area (TPSA) is 44.8 Å². The molecule has 9 rings (SSSR count). The molecule has 4 aromatic rings. The van der Waals surface area contributed by atoms with Crippen LogP contribution in [0.3, 0.4) is 0 Å². The number of thiol groups is 1.